The Morgan fingerprint density at radius 1 is 1.00 bits per heavy atom. The molecule has 0 aliphatic carbocycles. The highest BCUT2D eigenvalue weighted by Gasteiger charge is 2.04. The molecule has 2 N–H and O–H groups in total. The number of rotatable bonds is 4. The second kappa shape index (κ2) is 6.14. The minimum Gasteiger partial charge on any atom is -0.491 e. The molecule has 0 amide bonds. The largest absolute Gasteiger partial charge is 0.491 e. The number of hydrogen-bond acceptors (Lipinski definition) is 3. The van der Waals surface area contributed by atoms with Crippen LogP contribution < -0.4 is 15.2 Å². The van der Waals surface area contributed by atoms with Crippen molar-refractivity contribution in [1.29, 1.82) is 0 Å². The summed E-state index contributed by atoms with van der Waals surface area (Å²) in [4.78, 5) is 0. The predicted octanol–water partition coefficient (Wildman–Crippen LogP) is 4.45. The van der Waals surface area contributed by atoms with Gasteiger partial charge in [-0.3, -0.25) is 0 Å². The summed E-state index contributed by atoms with van der Waals surface area (Å²) in [6.45, 7) is 3.95. The molecule has 0 unspecified atom stereocenters. The van der Waals surface area contributed by atoms with E-state index in [1.807, 2.05) is 44.2 Å². The Bertz CT molecular complexity index is 570. The quantitative estimate of drug-likeness (QED) is 0.640. The van der Waals surface area contributed by atoms with Crippen LogP contribution in [0.1, 0.15) is 13.8 Å². The summed E-state index contributed by atoms with van der Waals surface area (Å²) in [6, 6.07) is 13.3. The zero-order valence-corrected chi connectivity index (χ0v) is 13.0. The number of nitrogen functional groups attached to an aromatic ring is 1. The van der Waals surface area contributed by atoms with Crippen LogP contribution in [0.25, 0.3) is 0 Å². The van der Waals surface area contributed by atoms with E-state index in [9.17, 15) is 0 Å². The molecule has 0 fully saturated rings. The van der Waals surface area contributed by atoms with E-state index >= 15 is 0 Å². The van der Waals surface area contributed by atoms with Crippen molar-refractivity contribution in [3.8, 4) is 17.2 Å². The average molecular weight is 369 g/mol. The van der Waals surface area contributed by atoms with E-state index in [0.29, 0.717) is 11.4 Å². The van der Waals surface area contributed by atoms with Crippen molar-refractivity contribution >= 4 is 28.3 Å². The van der Waals surface area contributed by atoms with Gasteiger partial charge in [-0.25, -0.2) is 0 Å². The first-order valence-corrected chi connectivity index (χ1v) is 7.11. The van der Waals surface area contributed by atoms with Gasteiger partial charge >= 0.3 is 0 Å². The van der Waals surface area contributed by atoms with Crippen molar-refractivity contribution in [3.63, 3.8) is 0 Å². The lowest BCUT2D eigenvalue weighted by atomic mass is 10.2. The SMILES string of the molecule is CC(C)Oc1cc(N)cc(Oc2cccc(I)c2)c1. The third kappa shape index (κ3) is 4.31. The molecule has 19 heavy (non-hydrogen) atoms. The highest BCUT2D eigenvalue weighted by molar-refractivity contribution is 14.1. The van der Waals surface area contributed by atoms with Gasteiger partial charge in [-0.15, -0.1) is 0 Å². The Morgan fingerprint density at radius 3 is 2.42 bits per heavy atom. The average Bonchev–Trinajstić information content (AvgIpc) is 2.26. The molecule has 0 bridgehead atoms. The van der Waals surface area contributed by atoms with E-state index in [0.717, 1.165) is 15.1 Å². The molecule has 0 aliphatic rings. The van der Waals surface area contributed by atoms with E-state index in [-0.39, 0.29) is 6.10 Å². The fraction of sp³-hybridized carbons (Fsp3) is 0.200. The van der Waals surface area contributed by atoms with Gasteiger partial charge in [0.1, 0.15) is 17.2 Å². The van der Waals surface area contributed by atoms with E-state index in [4.69, 9.17) is 15.2 Å². The van der Waals surface area contributed by atoms with Gasteiger partial charge < -0.3 is 15.2 Å². The maximum absolute atomic E-state index is 5.86. The van der Waals surface area contributed by atoms with Gasteiger partial charge in [0.15, 0.2) is 0 Å². The van der Waals surface area contributed by atoms with Crippen molar-refractivity contribution in [2.75, 3.05) is 5.73 Å². The van der Waals surface area contributed by atoms with Crippen LogP contribution in [0.3, 0.4) is 0 Å². The zero-order chi connectivity index (χ0) is 13.8. The highest BCUT2D eigenvalue weighted by Crippen LogP contribution is 2.29. The molecule has 0 radical (unpaired) electrons. The molecular weight excluding hydrogens is 353 g/mol. The van der Waals surface area contributed by atoms with E-state index in [1.54, 1.807) is 12.1 Å². The van der Waals surface area contributed by atoms with Crippen LogP contribution in [0.2, 0.25) is 0 Å². The number of nitrogens with two attached hydrogens (primary N) is 1. The molecule has 0 aromatic heterocycles. The van der Waals surface area contributed by atoms with Crippen molar-refractivity contribution in [3.05, 3.63) is 46.0 Å². The molecule has 4 heteroatoms. The summed E-state index contributed by atoms with van der Waals surface area (Å²) in [5, 5.41) is 0. The van der Waals surface area contributed by atoms with Crippen molar-refractivity contribution in [2.24, 2.45) is 0 Å². The topological polar surface area (TPSA) is 44.5 Å². The lowest BCUT2D eigenvalue weighted by molar-refractivity contribution is 0.242. The summed E-state index contributed by atoms with van der Waals surface area (Å²) >= 11 is 2.25. The van der Waals surface area contributed by atoms with E-state index in [2.05, 4.69) is 22.6 Å². The molecule has 0 aliphatic heterocycles. The molecule has 100 valence electrons. The first kappa shape index (κ1) is 14.0. The van der Waals surface area contributed by atoms with Crippen LogP contribution in [-0.4, -0.2) is 6.10 Å². The van der Waals surface area contributed by atoms with Crippen molar-refractivity contribution < 1.29 is 9.47 Å². The smallest absolute Gasteiger partial charge is 0.133 e. The molecular formula is C15H16INO2. The molecule has 2 aromatic rings. The third-order valence-electron chi connectivity index (χ3n) is 2.31. The van der Waals surface area contributed by atoms with Gasteiger partial charge in [-0.2, -0.15) is 0 Å². The van der Waals surface area contributed by atoms with Crippen LogP contribution in [0, 0.1) is 3.57 Å². The van der Waals surface area contributed by atoms with Crippen LogP contribution in [-0.2, 0) is 0 Å². The fourth-order valence-electron chi connectivity index (χ4n) is 1.66. The van der Waals surface area contributed by atoms with Gasteiger partial charge in [0.25, 0.3) is 0 Å². The molecule has 0 heterocycles. The van der Waals surface area contributed by atoms with Gasteiger partial charge in [-0.05, 0) is 54.6 Å². The Hall–Kier alpha value is -1.43. The van der Waals surface area contributed by atoms with Crippen molar-refractivity contribution in [2.45, 2.75) is 20.0 Å². The van der Waals surface area contributed by atoms with Gasteiger partial charge in [0, 0.05) is 27.5 Å². The lowest BCUT2D eigenvalue weighted by Gasteiger charge is -2.13. The summed E-state index contributed by atoms with van der Waals surface area (Å²) in [5.74, 6) is 2.18. The highest BCUT2D eigenvalue weighted by atomic mass is 127. The maximum atomic E-state index is 5.86. The number of halogens is 1. The number of ether oxygens (including phenoxy) is 2. The second-order valence-electron chi connectivity index (χ2n) is 4.46. The Kier molecular flexibility index (Phi) is 4.52. The van der Waals surface area contributed by atoms with E-state index < -0.39 is 0 Å². The molecule has 2 aromatic carbocycles. The molecule has 0 saturated carbocycles. The number of hydrogen-bond donors (Lipinski definition) is 1. The minimum atomic E-state index is 0.104. The van der Waals surface area contributed by atoms with Crippen LogP contribution >= 0.6 is 22.6 Å². The van der Waals surface area contributed by atoms with Gasteiger partial charge in [0.2, 0.25) is 0 Å². The number of anilines is 1. The fourth-order valence-corrected chi connectivity index (χ4v) is 2.17. The van der Waals surface area contributed by atoms with Crippen LogP contribution in [0.5, 0.6) is 17.2 Å². The molecule has 0 spiro atoms. The maximum Gasteiger partial charge on any atom is 0.133 e. The lowest BCUT2D eigenvalue weighted by Crippen LogP contribution is -2.05. The minimum absolute atomic E-state index is 0.104. The van der Waals surface area contributed by atoms with Gasteiger partial charge in [-0.1, -0.05) is 6.07 Å². The Labute approximate surface area is 126 Å². The normalized spacial score (nSPS) is 10.5. The summed E-state index contributed by atoms with van der Waals surface area (Å²) < 4.78 is 12.6. The second-order valence-corrected chi connectivity index (χ2v) is 5.71. The summed E-state index contributed by atoms with van der Waals surface area (Å²) in [5.41, 5.74) is 6.48. The van der Waals surface area contributed by atoms with E-state index in [1.165, 1.54) is 0 Å². The Balaban J connectivity index is 2.22. The number of benzene rings is 2. The van der Waals surface area contributed by atoms with Crippen LogP contribution in [0.4, 0.5) is 5.69 Å². The van der Waals surface area contributed by atoms with Crippen molar-refractivity contribution in [1.82, 2.24) is 0 Å². The molecule has 3 nitrogen and oxygen atoms in total. The van der Waals surface area contributed by atoms with Gasteiger partial charge in [0.05, 0.1) is 6.10 Å². The summed E-state index contributed by atoms with van der Waals surface area (Å²) in [7, 11) is 0. The third-order valence-corrected chi connectivity index (χ3v) is 2.98. The molecule has 0 saturated heterocycles. The first-order valence-electron chi connectivity index (χ1n) is 6.03. The first-order chi connectivity index (χ1) is 9.02. The van der Waals surface area contributed by atoms with Crippen LogP contribution in [0.15, 0.2) is 42.5 Å². The Morgan fingerprint density at radius 2 is 1.74 bits per heavy atom. The molecule has 0 atom stereocenters. The zero-order valence-electron chi connectivity index (χ0n) is 10.9. The summed E-state index contributed by atoms with van der Waals surface area (Å²) in [6.07, 6.45) is 0.104. The standard InChI is InChI=1S/C15H16INO2/c1-10(2)18-14-7-12(17)8-15(9-14)19-13-5-3-4-11(16)6-13/h3-10H,17H2,1-2H3. The predicted molar refractivity (Wildman–Crippen MR) is 85.9 cm³/mol. The monoisotopic (exact) mass is 369 g/mol. The molecule has 2 rings (SSSR count).